The maximum absolute atomic E-state index is 11.7. The van der Waals surface area contributed by atoms with Crippen LogP contribution in [0, 0.1) is 0 Å². The SMILES string of the molecule is Cl.Cn1c(CN2CCCCC2CNC(=O)CCN)nc2ccccc21. The second kappa shape index (κ2) is 9.17. The predicted molar refractivity (Wildman–Crippen MR) is 103 cm³/mol. The molecule has 1 aliphatic heterocycles. The summed E-state index contributed by atoms with van der Waals surface area (Å²) in [5.41, 5.74) is 7.64. The molecule has 25 heavy (non-hydrogen) atoms. The Morgan fingerprint density at radius 2 is 2.16 bits per heavy atom. The van der Waals surface area contributed by atoms with E-state index in [-0.39, 0.29) is 18.3 Å². The number of rotatable bonds is 6. The molecule has 1 aromatic carbocycles. The summed E-state index contributed by atoms with van der Waals surface area (Å²) in [6, 6.07) is 8.60. The maximum atomic E-state index is 11.7. The molecule has 6 nitrogen and oxygen atoms in total. The van der Waals surface area contributed by atoms with Gasteiger partial charge in [0.25, 0.3) is 0 Å². The number of halogens is 1. The van der Waals surface area contributed by atoms with Crippen LogP contribution in [0.15, 0.2) is 24.3 Å². The number of nitrogens with zero attached hydrogens (tertiary/aromatic N) is 3. The molecule has 1 unspecified atom stereocenters. The number of fused-ring (bicyclic) bond motifs is 1. The van der Waals surface area contributed by atoms with Crippen LogP contribution < -0.4 is 11.1 Å². The highest BCUT2D eigenvalue weighted by atomic mass is 35.5. The summed E-state index contributed by atoms with van der Waals surface area (Å²) in [7, 11) is 2.08. The van der Waals surface area contributed by atoms with Gasteiger partial charge in [0.05, 0.1) is 17.6 Å². The van der Waals surface area contributed by atoms with Gasteiger partial charge < -0.3 is 15.6 Å². The number of likely N-dealkylation sites (tertiary alicyclic amines) is 1. The molecule has 1 aliphatic rings. The first kappa shape index (κ1) is 19.7. The number of aromatic nitrogens is 2. The summed E-state index contributed by atoms with van der Waals surface area (Å²) in [6.45, 7) is 2.98. The zero-order valence-corrected chi connectivity index (χ0v) is 15.6. The van der Waals surface area contributed by atoms with Gasteiger partial charge in [0.1, 0.15) is 5.82 Å². The number of amides is 1. The van der Waals surface area contributed by atoms with Crippen molar-refractivity contribution in [2.45, 2.75) is 38.3 Å². The van der Waals surface area contributed by atoms with Gasteiger partial charge in [-0.2, -0.15) is 0 Å². The molecule has 1 amide bonds. The van der Waals surface area contributed by atoms with Gasteiger partial charge in [-0.3, -0.25) is 9.69 Å². The molecular formula is C18H28ClN5O. The summed E-state index contributed by atoms with van der Waals surface area (Å²) in [4.78, 5) is 18.9. The molecule has 0 spiro atoms. The molecule has 1 aromatic heterocycles. The lowest BCUT2D eigenvalue weighted by atomic mass is 10.0. The van der Waals surface area contributed by atoms with Gasteiger partial charge in [0.15, 0.2) is 0 Å². The largest absolute Gasteiger partial charge is 0.354 e. The molecule has 3 rings (SSSR count). The van der Waals surface area contributed by atoms with E-state index in [1.54, 1.807) is 0 Å². The molecule has 2 heterocycles. The van der Waals surface area contributed by atoms with Crippen molar-refractivity contribution in [2.24, 2.45) is 12.8 Å². The lowest BCUT2D eigenvalue weighted by molar-refractivity contribution is -0.121. The van der Waals surface area contributed by atoms with Gasteiger partial charge in [0, 0.05) is 32.6 Å². The number of nitrogens with one attached hydrogen (secondary N) is 1. The van der Waals surface area contributed by atoms with Crippen LogP contribution in [0.25, 0.3) is 11.0 Å². The third-order valence-corrected chi connectivity index (χ3v) is 4.88. The Bertz CT molecular complexity index is 702. The predicted octanol–water partition coefficient (Wildman–Crippen LogP) is 1.81. The fourth-order valence-electron chi connectivity index (χ4n) is 3.47. The highest BCUT2D eigenvalue weighted by molar-refractivity contribution is 5.85. The smallest absolute Gasteiger partial charge is 0.221 e. The molecule has 0 bridgehead atoms. The molecule has 1 fully saturated rings. The van der Waals surface area contributed by atoms with Crippen molar-refractivity contribution in [1.29, 1.82) is 0 Å². The number of nitrogens with two attached hydrogens (primary N) is 1. The van der Waals surface area contributed by atoms with Crippen molar-refractivity contribution in [1.82, 2.24) is 19.8 Å². The fraction of sp³-hybridized carbons (Fsp3) is 0.556. The van der Waals surface area contributed by atoms with E-state index >= 15 is 0 Å². The van der Waals surface area contributed by atoms with Gasteiger partial charge >= 0.3 is 0 Å². The van der Waals surface area contributed by atoms with Crippen LogP contribution in [0.1, 0.15) is 31.5 Å². The fourth-order valence-corrected chi connectivity index (χ4v) is 3.47. The van der Waals surface area contributed by atoms with Crippen LogP contribution in [0.5, 0.6) is 0 Å². The number of piperidine rings is 1. The van der Waals surface area contributed by atoms with Gasteiger partial charge in [-0.15, -0.1) is 12.4 Å². The number of hydrogen-bond acceptors (Lipinski definition) is 4. The van der Waals surface area contributed by atoms with Crippen molar-refractivity contribution in [3.63, 3.8) is 0 Å². The number of carbonyl (C=O) groups excluding carboxylic acids is 1. The van der Waals surface area contributed by atoms with E-state index in [2.05, 4.69) is 34.0 Å². The van der Waals surface area contributed by atoms with Crippen molar-refractivity contribution in [2.75, 3.05) is 19.6 Å². The highest BCUT2D eigenvalue weighted by Crippen LogP contribution is 2.21. The second-order valence-corrected chi connectivity index (χ2v) is 6.54. The maximum Gasteiger partial charge on any atom is 0.221 e. The zero-order chi connectivity index (χ0) is 16.9. The quantitative estimate of drug-likeness (QED) is 0.818. The number of aryl methyl sites for hydroxylation is 1. The first-order valence-electron chi connectivity index (χ1n) is 8.80. The minimum Gasteiger partial charge on any atom is -0.354 e. The van der Waals surface area contributed by atoms with Gasteiger partial charge in [0.2, 0.25) is 5.91 Å². The zero-order valence-electron chi connectivity index (χ0n) is 14.8. The molecule has 138 valence electrons. The monoisotopic (exact) mass is 365 g/mol. The molecule has 1 atom stereocenters. The van der Waals surface area contributed by atoms with E-state index in [0.29, 0.717) is 25.6 Å². The molecule has 0 radical (unpaired) electrons. The Hall–Kier alpha value is -1.63. The van der Waals surface area contributed by atoms with E-state index in [1.807, 2.05) is 12.1 Å². The molecule has 0 saturated carbocycles. The minimum atomic E-state index is 0. The molecular weight excluding hydrogens is 338 g/mol. The number of hydrogen-bond donors (Lipinski definition) is 2. The number of para-hydroxylation sites is 2. The van der Waals surface area contributed by atoms with Crippen molar-refractivity contribution in [3.05, 3.63) is 30.1 Å². The summed E-state index contributed by atoms with van der Waals surface area (Å²) in [5.74, 6) is 1.13. The minimum absolute atomic E-state index is 0. The molecule has 2 aromatic rings. The van der Waals surface area contributed by atoms with Crippen LogP contribution in [0.4, 0.5) is 0 Å². The van der Waals surface area contributed by atoms with Crippen molar-refractivity contribution < 1.29 is 4.79 Å². The number of benzene rings is 1. The number of carbonyl (C=O) groups is 1. The Kier molecular flexibility index (Phi) is 7.23. The summed E-state index contributed by atoms with van der Waals surface area (Å²) < 4.78 is 2.17. The van der Waals surface area contributed by atoms with Crippen LogP contribution >= 0.6 is 12.4 Å². The van der Waals surface area contributed by atoms with Crippen molar-refractivity contribution >= 4 is 29.3 Å². The third-order valence-electron chi connectivity index (χ3n) is 4.88. The van der Waals surface area contributed by atoms with Crippen LogP contribution in [-0.4, -0.2) is 46.0 Å². The molecule has 0 aliphatic carbocycles. The van der Waals surface area contributed by atoms with E-state index in [9.17, 15) is 4.79 Å². The third kappa shape index (κ3) is 4.71. The Morgan fingerprint density at radius 3 is 2.92 bits per heavy atom. The average Bonchev–Trinajstić information content (AvgIpc) is 2.91. The summed E-state index contributed by atoms with van der Waals surface area (Å²) in [5, 5.41) is 3.02. The Balaban J connectivity index is 0.00000225. The lowest BCUT2D eigenvalue weighted by Crippen LogP contribution is -2.46. The summed E-state index contributed by atoms with van der Waals surface area (Å²) >= 11 is 0. The van der Waals surface area contributed by atoms with E-state index in [1.165, 1.54) is 12.8 Å². The van der Waals surface area contributed by atoms with Gasteiger partial charge in [-0.25, -0.2) is 4.98 Å². The summed E-state index contributed by atoms with van der Waals surface area (Å²) in [6.07, 6.45) is 3.94. The first-order chi connectivity index (χ1) is 11.7. The Labute approximate surface area is 155 Å². The van der Waals surface area contributed by atoms with Crippen LogP contribution in [-0.2, 0) is 18.4 Å². The number of imidazole rings is 1. The normalized spacial score (nSPS) is 18.1. The van der Waals surface area contributed by atoms with E-state index in [0.717, 1.165) is 36.4 Å². The van der Waals surface area contributed by atoms with Gasteiger partial charge in [-0.05, 0) is 31.5 Å². The average molecular weight is 366 g/mol. The molecule has 7 heteroatoms. The standard InChI is InChI=1S/C18H27N5O.ClH/c1-22-16-8-3-2-7-15(16)21-17(22)13-23-11-5-4-6-14(23)12-20-18(24)9-10-19;/h2-3,7-8,14H,4-6,9-13,19H2,1H3,(H,20,24);1H. The van der Waals surface area contributed by atoms with Gasteiger partial charge in [-0.1, -0.05) is 18.6 Å². The van der Waals surface area contributed by atoms with Crippen LogP contribution in [0.2, 0.25) is 0 Å². The van der Waals surface area contributed by atoms with E-state index < -0.39 is 0 Å². The lowest BCUT2D eigenvalue weighted by Gasteiger charge is -2.35. The van der Waals surface area contributed by atoms with Crippen LogP contribution in [0.3, 0.4) is 0 Å². The highest BCUT2D eigenvalue weighted by Gasteiger charge is 2.24. The Morgan fingerprint density at radius 1 is 1.36 bits per heavy atom. The van der Waals surface area contributed by atoms with Crippen molar-refractivity contribution in [3.8, 4) is 0 Å². The second-order valence-electron chi connectivity index (χ2n) is 6.54. The molecule has 3 N–H and O–H groups in total. The topological polar surface area (TPSA) is 76.2 Å². The molecule has 1 saturated heterocycles. The van der Waals surface area contributed by atoms with E-state index in [4.69, 9.17) is 10.7 Å². The first-order valence-corrected chi connectivity index (χ1v) is 8.80.